The summed E-state index contributed by atoms with van der Waals surface area (Å²) < 4.78 is 15.5. The first-order valence-corrected chi connectivity index (χ1v) is 9.37. The number of esters is 2. The van der Waals surface area contributed by atoms with E-state index in [-0.39, 0.29) is 38.6 Å². The fourth-order valence-corrected chi connectivity index (χ4v) is 2.98. The molecule has 0 spiro atoms. The summed E-state index contributed by atoms with van der Waals surface area (Å²) in [4.78, 5) is 50.8. The lowest BCUT2D eigenvalue weighted by atomic mass is 10.1. The van der Waals surface area contributed by atoms with Gasteiger partial charge >= 0.3 is 11.9 Å². The van der Waals surface area contributed by atoms with Crippen molar-refractivity contribution < 1.29 is 33.4 Å². The topological polar surface area (TPSA) is 102 Å². The quantitative estimate of drug-likeness (QED) is 0.651. The van der Waals surface area contributed by atoms with Gasteiger partial charge in [0.2, 0.25) is 5.91 Å². The van der Waals surface area contributed by atoms with E-state index in [1.165, 1.54) is 16.7 Å². The molecule has 0 saturated heterocycles. The lowest BCUT2D eigenvalue weighted by Gasteiger charge is -2.27. The molecule has 0 aliphatic carbocycles. The molecular weight excluding hydrogens is 380 g/mol. The molecule has 1 aliphatic rings. The molecule has 2 amide bonds. The fourth-order valence-electron chi connectivity index (χ4n) is 2.98. The molecule has 2 rings (SSSR count). The summed E-state index contributed by atoms with van der Waals surface area (Å²) in [6, 6.07) is 7.16. The van der Waals surface area contributed by atoms with Gasteiger partial charge in [-0.15, -0.1) is 0 Å². The largest absolute Gasteiger partial charge is 0.464 e. The van der Waals surface area contributed by atoms with Crippen molar-refractivity contribution in [1.29, 1.82) is 0 Å². The number of anilines is 1. The lowest BCUT2D eigenvalue weighted by molar-refractivity contribution is -0.154. The highest BCUT2D eigenvalue weighted by Crippen LogP contribution is 2.30. The third-order valence-electron chi connectivity index (χ3n) is 4.46. The van der Waals surface area contributed by atoms with Crippen molar-refractivity contribution in [1.82, 2.24) is 4.90 Å². The van der Waals surface area contributed by atoms with Crippen LogP contribution in [0.3, 0.4) is 0 Å². The summed E-state index contributed by atoms with van der Waals surface area (Å²) in [5.74, 6) is -1.71. The summed E-state index contributed by atoms with van der Waals surface area (Å²) in [6.07, 6.45) is -0.577. The molecule has 1 atom stereocenters. The van der Waals surface area contributed by atoms with Crippen LogP contribution in [-0.2, 0) is 33.4 Å². The van der Waals surface area contributed by atoms with Crippen LogP contribution >= 0.6 is 0 Å². The van der Waals surface area contributed by atoms with Crippen LogP contribution in [0.25, 0.3) is 0 Å². The molecule has 0 bridgehead atoms. The molecule has 9 heteroatoms. The number of benzene rings is 1. The van der Waals surface area contributed by atoms with Gasteiger partial charge in [0.25, 0.3) is 5.91 Å². The van der Waals surface area contributed by atoms with E-state index >= 15 is 0 Å². The van der Waals surface area contributed by atoms with Crippen molar-refractivity contribution in [3.8, 4) is 0 Å². The summed E-state index contributed by atoms with van der Waals surface area (Å²) in [6.45, 7) is 2.65. The van der Waals surface area contributed by atoms with Gasteiger partial charge in [-0.1, -0.05) is 18.2 Å². The molecule has 158 valence electrons. The van der Waals surface area contributed by atoms with Crippen molar-refractivity contribution in [2.75, 3.05) is 44.9 Å². The number of amides is 2. The number of hydrogen-bond donors (Lipinski definition) is 0. The number of ether oxygens (including phenoxy) is 3. The van der Waals surface area contributed by atoms with E-state index in [1.54, 1.807) is 38.2 Å². The van der Waals surface area contributed by atoms with Crippen molar-refractivity contribution in [2.45, 2.75) is 26.4 Å². The standard InChI is InChI=1S/C20H26N2O7/c1-4-27-20(26)13-29-17-11-22(19(25)12-28-14(2)23)10-9-18(24)21(3)16-8-6-5-7-15(16)17/h5-8,17H,4,9-13H2,1-3H3. The number of rotatable bonds is 6. The molecule has 0 saturated carbocycles. The second kappa shape index (κ2) is 10.6. The summed E-state index contributed by atoms with van der Waals surface area (Å²) >= 11 is 0. The Kier molecular flexibility index (Phi) is 8.14. The van der Waals surface area contributed by atoms with Gasteiger partial charge in [-0.05, 0) is 13.0 Å². The molecule has 0 aromatic heterocycles. The number of para-hydroxylation sites is 1. The van der Waals surface area contributed by atoms with Crippen LogP contribution in [0.4, 0.5) is 5.69 Å². The summed E-state index contributed by atoms with van der Waals surface area (Å²) in [7, 11) is 1.65. The van der Waals surface area contributed by atoms with Gasteiger partial charge in [0.15, 0.2) is 6.61 Å². The first kappa shape index (κ1) is 22.4. The number of carbonyl (C=O) groups excluding carboxylic acids is 4. The van der Waals surface area contributed by atoms with Crippen LogP contribution in [0.15, 0.2) is 24.3 Å². The number of fused-ring (bicyclic) bond motifs is 1. The zero-order valence-corrected chi connectivity index (χ0v) is 16.9. The van der Waals surface area contributed by atoms with Gasteiger partial charge < -0.3 is 24.0 Å². The van der Waals surface area contributed by atoms with E-state index in [2.05, 4.69) is 0 Å². The minimum atomic E-state index is -0.676. The predicted octanol–water partition coefficient (Wildman–Crippen LogP) is 1.07. The third-order valence-corrected chi connectivity index (χ3v) is 4.46. The number of nitrogens with zero attached hydrogens (tertiary/aromatic N) is 2. The predicted molar refractivity (Wildman–Crippen MR) is 103 cm³/mol. The van der Waals surface area contributed by atoms with E-state index in [0.29, 0.717) is 11.3 Å². The van der Waals surface area contributed by atoms with Gasteiger partial charge in [-0.25, -0.2) is 4.79 Å². The molecule has 0 fully saturated rings. The van der Waals surface area contributed by atoms with Gasteiger partial charge in [-0.3, -0.25) is 14.4 Å². The van der Waals surface area contributed by atoms with E-state index in [1.807, 2.05) is 0 Å². The summed E-state index contributed by atoms with van der Waals surface area (Å²) in [5, 5.41) is 0. The van der Waals surface area contributed by atoms with Gasteiger partial charge in [0, 0.05) is 38.2 Å². The van der Waals surface area contributed by atoms with Crippen LogP contribution in [0.5, 0.6) is 0 Å². The van der Waals surface area contributed by atoms with Crippen LogP contribution in [-0.4, -0.2) is 68.6 Å². The molecular formula is C20H26N2O7. The highest BCUT2D eigenvalue weighted by molar-refractivity contribution is 5.94. The highest BCUT2D eigenvalue weighted by Gasteiger charge is 2.29. The molecule has 0 N–H and O–H groups in total. The molecule has 0 radical (unpaired) electrons. The van der Waals surface area contributed by atoms with Crippen molar-refractivity contribution in [2.24, 2.45) is 0 Å². The Balaban J connectivity index is 2.32. The average Bonchev–Trinajstić information content (AvgIpc) is 2.75. The Morgan fingerprint density at radius 1 is 1.14 bits per heavy atom. The fraction of sp³-hybridized carbons (Fsp3) is 0.500. The van der Waals surface area contributed by atoms with Crippen molar-refractivity contribution in [3.05, 3.63) is 29.8 Å². The monoisotopic (exact) mass is 406 g/mol. The maximum atomic E-state index is 12.6. The van der Waals surface area contributed by atoms with Crippen LogP contribution in [0, 0.1) is 0 Å². The SMILES string of the molecule is CCOC(=O)COC1CN(C(=O)COC(C)=O)CCC(=O)N(C)c2ccccc21. The average molecular weight is 406 g/mol. The molecule has 29 heavy (non-hydrogen) atoms. The van der Waals surface area contributed by atoms with E-state index in [0.717, 1.165) is 0 Å². The van der Waals surface area contributed by atoms with Crippen LogP contribution < -0.4 is 4.90 Å². The first-order valence-electron chi connectivity index (χ1n) is 9.37. The summed E-state index contributed by atoms with van der Waals surface area (Å²) in [5.41, 5.74) is 1.31. The van der Waals surface area contributed by atoms with E-state index < -0.39 is 30.6 Å². The second-order valence-electron chi connectivity index (χ2n) is 6.49. The minimum absolute atomic E-state index is 0.0949. The molecule has 9 nitrogen and oxygen atoms in total. The number of carbonyl (C=O) groups is 4. The van der Waals surface area contributed by atoms with Crippen molar-refractivity contribution in [3.63, 3.8) is 0 Å². The maximum absolute atomic E-state index is 12.6. The molecule has 1 aromatic carbocycles. The number of hydrogen-bond acceptors (Lipinski definition) is 7. The normalized spacial score (nSPS) is 16.9. The van der Waals surface area contributed by atoms with Gasteiger partial charge in [-0.2, -0.15) is 0 Å². The molecule has 1 aromatic rings. The van der Waals surface area contributed by atoms with Crippen molar-refractivity contribution >= 4 is 29.4 Å². The Morgan fingerprint density at radius 2 is 1.86 bits per heavy atom. The highest BCUT2D eigenvalue weighted by atomic mass is 16.6. The van der Waals surface area contributed by atoms with Crippen LogP contribution in [0.1, 0.15) is 31.9 Å². The lowest BCUT2D eigenvalue weighted by Crippen LogP contribution is -2.39. The molecule has 1 aliphatic heterocycles. The smallest absolute Gasteiger partial charge is 0.332 e. The van der Waals surface area contributed by atoms with Gasteiger partial charge in [0.1, 0.15) is 12.7 Å². The zero-order chi connectivity index (χ0) is 21.4. The van der Waals surface area contributed by atoms with E-state index in [9.17, 15) is 19.2 Å². The van der Waals surface area contributed by atoms with E-state index in [4.69, 9.17) is 14.2 Å². The molecule has 1 unspecified atom stereocenters. The second-order valence-corrected chi connectivity index (χ2v) is 6.49. The minimum Gasteiger partial charge on any atom is -0.464 e. The Hall–Kier alpha value is -2.94. The first-order chi connectivity index (χ1) is 13.8. The van der Waals surface area contributed by atoms with Gasteiger partial charge in [0.05, 0.1) is 13.2 Å². The Morgan fingerprint density at radius 3 is 2.55 bits per heavy atom. The third kappa shape index (κ3) is 6.28. The maximum Gasteiger partial charge on any atom is 0.332 e. The zero-order valence-electron chi connectivity index (χ0n) is 16.9. The molecule has 1 heterocycles. The van der Waals surface area contributed by atoms with Crippen LogP contribution in [0.2, 0.25) is 0 Å². The Labute approximate surface area is 169 Å². The Bertz CT molecular complexity index is 765.